The van der Waals surface area contributed by atoms with Gasteiger partial charge in [-0.05, 0) is 36.8 Å². The second kappa shape index (κ2) is 6.77. The molecule has 2 aromatic rings. The average Bonchev–Trinajstić information content (AvgIpc) is 2.43. The zero-order chi connectivity index (χ0) is 14.5. The van der Waals surface area contributed by atoms with Crippen molar-refractivity contribution in [2.24, 2.45) is 0 Å². The van der Waals surface area contributed by atoms with Crippen molar-refractivity contribution in [2.75, 3.05) is 12.4 Å². The normalized spacial score (nSPS) is 12.2. The minimum atomic E-state index is 0.139. The Morgan fingerprint density at radius 1 is 1.20 bits per heavy atom. The van der Waals surface area contributed by atoms with Crippen LogP contribution in [0.25, 0.3) is 0 Å². The van der Waals surface area contributed by atoms with Crippen LogP contribution in [0.15, 0.2) is 46.9 Å². The van der Waals surface area contributed by atoms with Gasteiger partial charge in [0, 0.05) is 28.9 Å². The van der Waals surface area contributed by atoms with Crippen molar-refractivity contribution < 1.29 is 9.84 Å². The van der Waals surface area contributed by atoms with Gasteiger partial charge in [-0.25, -0.2) is 0 Å². The fraction of sp³-hybridized carbons (Fsp3) is 0.250. The lowest BCUT2D eigenvalue weighted by atomic mass is 10.1. The summed E-state index contributed by atoms with van der Waals surface area (Å²) in [4.78, 5) is 0. The molecule has 0 aliphatic carbocycles. The van der Waals surface area contributed by atoms with Gasteiger partial charge in [-0.3, -0.25) is 0 Å². The van der Waals surface area contributed by atoms with Crippen molar-refractivity contribution in [3.05, 3.63) is 58.1 Å². The molecule has 0 radical (unpaired) electrons. The first-order chi connectivity index (χ1) is 9.61. The molecule has 1 atom stereocenters. The number of anilines is 1. The Kier molecular flexibility index (Phi) is 5.04. The first kappa shape index (κ1) is 14.9. The average molecular weight is 336 g/mol. The molecule has 2 N–H and O–H groups in total. The number of halogens is 1. The highest BCUT2D eigenvalue weighted by Crippen LogP contribution is 2.29. The van der Waals surface area contributed by atoms with Gasteiger partial charge in [0.05, 0.1) is 6.61 Å². The number of hydrogen-bond acceptors (Lipinski definition) is 3. The highest BCUT2D eigenvalue weighted by atomic mass is 79.9. The minimum Gasteiger partial charge on any atom is -0.508 e. The van der Waals surface area contributed by atoms with Crippen LogP contribution in [-0.2, 0) is 11.3 Å². The molecule has 0 bridgehead atoms. The molecule has 4 heteroatoms. The molecule has 106 valence electrons. The van der Waals surface area contributed by atoms with E-state index in [4.69, 9.17) is 4.74 Å². The van der Waals surface area contributed by atoms with E-state index in [9.17, 15) is 5.11 Å². The van der Waals surface area contributed by atoms with Gasteiger partial charge < -0.3 is 15.2 Å². The van der Waals surface area contributed by atoms with Crippen molar-refractivity contribution in [3.63, 3.8) is 0 Å². The summed E-state index contributed by atoms with van der Waals surface area (Å²) in [5.74, 6) is 0.281. The summed E-state index contributed by atoms with van der Waals surface area (Å²) >= 11 is 3.55. The molecule has 0 amide bonds. The van der Waals surface area contributed by atoms with Crippen molar-refractivity contribution in [1.29, 1.82) is 0 Å². The number of methoxy groups -OCH3 is 1. The maximum atomic E-state index is 9.34. The zero-order valence-corrected chi connectivity index (χ0v) is 13.1. The van der Waals surface area contributed by atoms with Crippen LogP contribution in [0, 0.1) is 0 Å². The highest BCUT2D eigenvalue weighted by molar-refractivity contribution is 9.10. The fourth-order valence-corrected chi connectivity index (χ4v) is 2.55. The van der Waals surface area contributed by atoms with Crippen LogP contribution < -0.4 is 5.32 Å². The van der Waals surface area contributed by atoms with Crippen LogP contribution in [-0.4, -0.2) is 12.2 Å². The molecule has 0 aliphatic rings. The molecule has 0 spiro atoms. The minimum absolute atomic E-state index is 0.139. The van der Waals surface area contributed by atoms with E-state index in [0.717, 1.165) is 21.3 Å². The summed E-state index contributed by atoms with van der Waals surface area (Å²) in [7, 11) is 1.69. The predicted molar refractivity (Wildman–Crippen MR) is 85.0 cm³/mol. The number of rotatable bonds is 5. The van der Waals surface area contributed by atoms with Gasteiger partial charge in [-0.2, -0.15) is 0 Å². The molecule has 0 fully saturated rings. The van der Waals surface area contributed by atoms with Crippen LogP contribution in [0.1, 0.15) is 24.1 Å². The maximum Gasteiger partial charge on any atom is 0.115 e. The van der Waals surface area contributed by atoms with E-state index in [1.807, 2.05) is 30.3 Å². The van der Waals surface area contributed by atoms with Crippen molar-refractivity contribution in [3.8, 4) is 5.75 Å². The van der Waals surface area contributed by atoms with Crippen LogP contribution in [0.4, 0.5) is 5.69 Å². The second-order valence-corrected chi connectivity index (χ2v) is 5.51. The Hall–Kier alpha value is -1.52. The number of phenolic OH excluding ortho intramolecular Hbond substituents is 1. The molecule has 20 heavy (non-hydrogen) atoms. The third-order valence-electron chi connectivity index (χ3n) is 3.17. The Labute approximate surface area is 127 Å². The molecule has 3 nitrogen and oxygen atoms in total. The highest BCUT2D eigenvalue weighted by Gasteiger charge is 2.10. The molecule has 2 aromatic carbocycles. The second-order valence-electron chi connectivity index (χ2n) is 4.66. The van der Waals surface area contributed by atoms with Crippen LogP contribution >= 0.6 is 15.9 Å². The monoisotopic (exact) mass is 335 g/mol. The quantitative estimate of drug-likeness (QED) is 0.846. The van der Waals surface area contributed by atoms with E-state index in [1.54, 1.807) is 19.2 Å². The Morgan fingerprint density at radius 3 is 2.55 bits per heavy atom. The van der Waals surface area contributed by atoms with Crippen LogP contribution in [0.3, 0.4) is 0 Å². The lowest BCUT2D eigenvalue weighted by Gasteiger charge is -2.19. The van der Waals surface area contributed by atoms with Gasteiger partial charge in [0.15, 0.2) is 0 Å². The molecular weight excluding hydrogens is 318 g/mol. The number of aromatic hydroxyl groups is 1. The zero-order valence-electron chi connectivity index (χ0n) is 11.6. The number of phenols is 1. The number of ether oxygens (including phenoxy) is 1. The van der Waals surface area contributed by atoms with E-state index < -0.39 is 0 Å². The third kappa shape index (κ3) is 3.52. The molecule has 0 saturated carbocycles. The predicted octanol–water partition coefficient (Wildman–Crippen LogP) is 4.47. The first-order valence-electron chi connectivity index (χ1n) is 6.43. The molecule has 0 saturated heterocycles. The van der Waals surface area contributed by atoms with E-state index in [1.165, 1.54) is 0 Å². The van der Waals surface area contributed by atoms with Crippen LogP contribution in [0.2, 0.25) is 0 Å². The van der Waals surface area contributed by atoms with Crippen molar-refractivity contribution >= 4 is 21.6 Å². The molecule has 0 aliphatic heterocycles. The maximum absolute atomic E-state index is 9.34. The van der Waals surface area contributed by atoms with Gasteiger partial charge in [0.25, 0.3) is 0 Å². The molecule has 0 heterocycles. The SMILES string of the molecule is COCc1c(Br)cccc1NC(C)c1ccc(O)cc1. The summed E-state index contributed by atoms with van der Waals surface area (Å²) in [6, 6.07) is 13.4. The smallest absolute Gasteiger partial charge is 0.115 e. The van der Waals surface area contributed by atoms with Gasteiger partial charge in [0.1, 0.15) is 5.75 Å². The van der Waals surface area contributed by atoms with Crippen molar-refractivity contribution in [2.45, 2.75) is 19.6 Å². The van der Waals surface area contributed by atoms with Gasteiger partial charge in [-0.15, -0.1) is 0 Å². The molecule has 1 unspecified atom stereocenters. The standard InChI is InChI=1S/C16H18BrNO2/c1-11(12-6-8-13(19)9-7-12)18-16-5-3-4-15(17)14(16)10-20-2/h3-9,11,18-19H,10H2,1-2H3. The van der Waals surface area contributed by atoms with E-state index in [0.29, 0.717) is 6.61 Å². The number of hydrogen-bond donors (Lipinski definition) is 2. The Bertz CT molecular complexity index is 569. The Balaban J connectivity index is 2.21. The van der Waals surface area contributed by atoms with Crippen molar-refractivity contribution in [1.82, 2.24) is 0 Å². The van der Waals surface area contributed by atoms with Gasteiger partial charge >= 0.3 is 0 Å². The number of benzene rings is 2. The van der Waals surface area contributed by atoms with Gasteiger partial charge in [0.2, 0.25) is 0 Å². The van der Waals surface area contributed by atoms with Gasteiger partial charge in [-0.1, -0.05) is 34.1 Å². The largest absolute Gasteiger partial charge is 0.508 e. The van der Waals surface area contributed by atoms with E-state index in [-0.39, 0.29) is 11.8 Å². The lowest BCUT2D eigenvalue weighted by molar-refractivity contribution is 0.185. The summed E-state index contributed by atoms with van der Waals surface area (Å²) in [5, 5.41) is 12.8. The fourth-order valence-electron chi connectivity index (χ4n) is 2.06. The topological polar surface area (TPSA) is 41.5 Å². The summed E-state index contributed by atoms with van der Waals surface area (Å²) < 4.78 is 6.28. The lowest BCUT2D eigenvalue weighted by Crippen LogP contribution is -2.09. The van der Waals surface area contributed by atoms with E-state index in [2.05, 4.69) is 28.2 Å². The first-order valence-corrected chi connectivity index (χ1v) is 7.23. The summed E-state index contributed by atoms with van der Waals surface area (Å²) in [5.41, 5.74) is 3.26. The van der Waals surface area contributed by atoms with Crippen LogP contribution in [0.5, 0.6) is 5.75 Å². The molecular formula is C16H18BrNO2. The number of nitrogens with one attached hydrogen (secondary N) is 1. The summed E-state index contributed by atoms with van der Waals surface area (Å²) in [6.45, 7) is 2.63. The molecule has 2 rings (SSSR count). The van der Waals surface area contributed by atoms with E-state index >= 15 is 0 Å². The molecule has 0 aromatic heterocycles. The Morgan fingerprint density at radius 2 is 1.90 bits per heavy atom. The third-order valence-corrected chi connectivity index (χ3v) is 3.92. The summed E-state index contributed by atoms with van der Waals surface area (Å²) in [6.07, 6.45) is 0.